The van der Waals surface area contributed by atoms with Crippen LogP contribution in [0, 0.1) is 6.92 Å². The lowest BCUT2D eigenvalue weighted by atomic mass is 10.2. The van der Waals surface area contributed by atoms with Crippen LogP contribution >= 0.6 is 11.6 Å². The van der Waals surface area contributed by atoms with Gasteiger partial charge in [-0.1, -0.05) is 17.7 Å². The molecule has 1 aromatic rings. The van der Waals surface area contributed by atoms with Crippen molar-refractivity contribution in [3.8, 4) is 0 Å². The van der Waals surface area contributed by atoms with Gasteiger partial charge in [-0.3, -0.25) is 0 Å². The molecule has 1 aromatic carbocycles. The number of benzene rings is 1. The van der Waals surface area contributed by atoms with E-state index in [1.165, 1.54) is 4.31 Å². The second kappa shape index (κ2) is 3.72. The molecule has 3 nitrogen and oxygen atoms in total. The molecule has 5 heteroatoms. The molecule has 1 aliphatic heterocycles. The Labute approximate surface area is 101 Å². The van der Waals surface area contributed by atoms with E-state index in [4.69, 9.17) is 11.6 Å². The third kappa shape index (κ3) is 1.85. The summed E-state index contributed by atoms with van der Waals surface area (Å²) in [6, 6.07) is 6.87. The Balaban J connectivity index is 2.31. The maximum atomic E-state index is 12.1. The van der Waals surface area contributed by atoms with Gasteiger partial charge in [-0.15, -0.1) is 11.6 Å². The largest absolute Gasteiger partial charge is 0.243 e. The van der Waals surface area contributed by atoms with Crippen LogP contribution in [0.1, 0.15) is 12.5 Å². The smallest absolute Gasteiger partial charge is 0.207 e. The van der Waals surface area contributed by atoms with Crippen LogP contribution in [0.2, 0.25) is 0 Å². The summed E-state index contributed by atoms with van der Waals surface area (Å²) in [7, 11) is -3.35. The molecule has 0 spiro atoms. The summed E-state index contributed by atoms with van der Waals surface area (Å²) >= 11 is 5.75. The number of hydrogen-bond acceptors (Lipinski definition) is 2. The number of hydrogen-bond donors (Lipinski definition) is 0. The topological polar surface area (TPSA) is 37.1 Å². The molecule has 88 valence electrons. The molecular formula is C11H14ClNO2S. The number of aryl methyl sites for hydroxylation is 1. The van der Waals surface area contributed by atoms with Gasteiger partial charge in [0.05, 0.1) is 10.4 Å². The van der Waals surface area contributed by atoms with E-state index in [2.05, 4.69) is 0 Å². The van der Waals surface area contributed by atoms with E-state index in [1.807, 2.05) is 13.8 Å². The molecule has 0 bridgehead atoms. The first kappa shape index (κ1) is 11.9. The zero-order chi connectivity index (χ0) is 12.0. The molecule has 1 heterocycles. The second-order valence-corrected chi connectivity index (χ2v) is 6.58. The summed E-state index contributed by atoms with van der Waals surface area (Å²) in [6.07, 6.45) is 0. The molecule has 0 radical (unpaired) electrons. The quantitative estimate of drug-likeness (QED) is 0.615. The van der Waals surface area contributed by atoms with Gasteiger partial charge in [0.15, 0.2) is 0 Å². The minimum Gasteiger partial charge on any atom is -0.207 e. The Morgan fingerprint density at radius 3 is 2.38 bits per heavy atom. The lowest BCUT2D eigenvalue weighted by Gasteiger charge is -2.10. The summed E-state index contributed by atoms with van der Waals surface area (Å²) in [4.78, 5) is 0.340. The first-order valence-corrected chi connectivity index (χ1v) is 7.03. The van der Waals surface area contributed by atoms with Crippen molar-refractivity contribution in [1.82, 2.24) is 4.31 Å². The first-order chi connectivity index (χ1) is 7.40. The lowest BCUT2D eigenvalue weighted by molar-refractivity contribution is 0.531. The Hall–Kier alpha value is -0.580. The van der Waals surface area contributed by atoms with Crippen molar-refractivity contribution in [2.45, 2.75) is 24.3 Å². The van der Waals surface area contributed by atoms with E-state index >= 15 is 0 Å². The zero-order valence-electron chi connectivity index (χ0n) is 9.27. The van der Waals surface area contributed by atoms with Crippen LogP contribution in [0.4, 0.5) is 0 Å². The highest BCUT2D eigenvalue weighted by molar-refractivity contribution is 7.89. The Morgan fingerprint density at radius 2 is 1.94 bits per heavy atom. The van der Waals surface area contributed by atoms with Crippen molar-refractivity contribution in [2.24, 2.45) is 0 Å². The van der Waals surface area contributed by atoms with Crippen LogP contribution in [0.3, 0.4) is 0 Å². The van der Waals surface area contributed by atoms with Crippen molar-refractivity contribution in [3.05, 3.63) is 29.8 Å². The van der Waals surface area contributed by atoms with Gasteiger partial charge in [0.1, 0.15) is 0 Å². The number of sulfonamides is 1. The van der Waals surface area contributed by atoms with Crippen LogP contribution in [-0.2, 0) is 10.0 Å². The van der Waals surface area contributed by atoms with Crippen LogP contribution in [-0.4, -0.2) is 30.7 Å². The van der Waals surface area contributed by atoms with Gasteiger partial charge in [0.2, 0.25) is 10.0 Å². The minimum atomic E-state index is -3.35. The van der Waals surface area contributed by atoms with E-state index in [0.717, 1.165) is 5.56 Å². The number of rotatable bonds is 3. The van der Waals surface area contributed by atoms with E-state index in [1.54, 1.807) is 24.3 Å². The molecule has 0 saturated carbocycles. The molecule has 0 aromatic heterocycles. The van der Waals surface area contributed by atoms with Gasteiger partial charge in [0.25, 0.3) is 0 Å². The van der Waals surface area contributed by atoms with Gasteiger partial charge in [0, 0.05) is 12.4 Å². The first-order valence-electron chi connectivity index (χ1n) is 5.06. The summed E-state index contributed by atoms with van der Waals surface area (Å²) in [5.74, 6) is 0.331. The van der Waals surface area contributed by atoms with Crippen molar-refractivity contribution < 1.29 is 8.42 Å². The van der Waals surface area contributed by atoms with Gasteiger partial charge in [-0.2, -0.15) is 4.31 Å². The standard InChI is InChI=1S/C11H14ClNO2S/c1-9-3-5-10(6-4-9)16(14,15)13-8-11(13,2)7-12/h3-6H,7-8H2,1-2H3/t11-,13?/m1/s1. The molecule has 1 fully saturated rings. The van der Waals surface area contributed by atoms with Crippen molar-refractivity contribution in [2.75, 3.05) is 12.4 Å². The molecule has 0 N–H and O–H groups in total. The summed E-state index contributed by atoms with van der Waals surface area (Å²) in [5, 5.41) is 0. The molecule has 0 aliphatic carbocycles. The van der Waals surface area contributed by atoms with Crippen LogP contribution < -0.4 is 0 Å². The van der Waals surface area contributed by atoms with E-state index in [0.29, 0.717) is 17.3 Å². The van der Waals surface area contributed by atoms with Gasteiger partial charge >= 0.3 is 0 Å². The second-order valence-electron chi connectivity index (χ2n) is 4.46. The maximum Gasteiger partial charge on any atom is 0.243 e. The molecule has 2 atom stereocenters. The van der Waals surface area contributed by atoms with Gasteiger partial charge < -0.3 is 0 Å². The van der Waals surface area contributed by atoms with Crippen molar-refractivity contribution in [3.63, 3.8) is 0 Å². The van der Waals surface area contributed by atoms with Crippen LogP contribution in [0.25, 0.3) is 0 Å². The number of nitrogens with zero attached hydrogens (tertiary/aromatic N) is 1. The molecule has 2 rings (SSSR count). The third-order valence-electron chi connectivity index (χ3n) is 2.88. The number of alkyl halides is 1. The molecule has 16 heavy (non-hydrogen) atoms. The SMILES string of the molecule is Cc1ccc(S(=O)(=O)N2C[C@@]2(C)CCl)cc1. The van der Waals surface area contributed by atoms with Crippen molar-refractivity contribution >= 4 is 21.6 Å². The van der Waals surface area contributed by atoms with Crippen LogP contribution in [0.5, 0.6) is 0 Å². The van der Waals surface area contributed by atoms with E-state index < -0.39 is 15.6 Å². The fraction of sp³-hybridized carbons (Fsp3) is 0.455. The Kier molecular flexibility index (Phi) is 2.77. The Morgan fingerprint density at radius 1 is 1.38 bits per heavy atom. The highest BCUT2D eigenvalue weighted by Crippen LogP contribution is 2.38. The average molecular weight is 260 g/mol. The third-order valence-corrected chi connectivity index (χ3v) is 5.47. The van der Waals surface area contributed by atoms with E-state index in [-0.39, 0.29) is 0 Å². The van der Waals surface area contributed by atoms with E-state index in [9.17, 15) is 8.42 Å². The Bertz CT molecular complexity index is 497. The van der Waals surface area contributed by atoms with Crippen LogP contribution in [0.15, 0.2) is 29.2 Å². The molecule has 1 aliphatic rings. The maximum absolute atomic E-state index is 12.1. The highest BCUT2D eigenvalue weighted by Gasteiger charge is 2.54. The average Bonchev–Trinajstić information content (AvgIpc) is 2.93. The van der Waals surface area contributed by atoms with Crippen molar-refractivity contribution in [1.29, 1.82) is 0 Å². The molecule has 0 amide bonds. The predicted molar refractivity (Wildman–Crippen MR) is 64.2 cm³/mol. The van der Waals surface area contributed by atoms with Gasteiger partial charge in [-0.05, 0) is 26.0 Å². The fourth-order valence-corrected chi connectivity index (χ4v) is 3.72. The highest BCUT2D eigenvalue weighted by atomic mass is 35.5. The normalized spacial score (nSPS) is 29.1. The summed E-state index contributed by atoms with van der Waals surface area (Å²) in [6.45, 7) is 4.29. The monoisotopic (exact) mass is 259 g/mol. The molecular weight excluding hydrogens is 246 g/mol. The zero-order valence-corrected chi connectivity index (χ0v) is 10.8. The summed E-state index contributed by atoms with van der Waals surface area (Å²) < 4.78 is 25.7. The predicted octanol–water partition coefficient (Wildman–Crippen LogP) is 2.00. The van der Waals surface area contributed by atoms with Gasteiger partial charge in [-0.25, -0.2) is 8.42 Å². The molecule has 1 saturated heterocycles. The molecule has 1 unspecified atom stereocenters. The summed E-state index contributed by atoms with van der Waals surface area (Å²) in [5.41, 5.74) is 0.649. The lowest BCUT2D eigenvalue weighted by Crippen LogP contribution is -2.22. The number of halogens is 1. The fourth-order valence-electron chi connectivity index (χ4n) is 1.60. The minimum absolute atomic E-state index is 0.331.